The minimum atomic E-state index is -4.57. The van der Waals surface area contributed by atoms with Crippen LogP contribution in [-0.4, -0.2) is 21.1 Å². The third-order valence-electron chi connectivity index (χ3n) is 2.43. The molecule has 2 rings (SSSR count). The normalized spacial score (nSPS) is 11.6. The summed E-state index contributed by atoms with van der Waals surface area (Å²) >= 11 is 0. The number of nitro groups is 1. The van der Waals surface area contributed by atoms with E-state index in [4.69, 9.17) is 0 Å². The molecule has 10 heteroatoms. The van der Waals surface area contributed by atoms with Crippen molar-refractivity contribution in [2.24, 2.45) is 5.10 Å². The van der Waals surface area contributed by atoms with E-state index in [2.05, 4.69) is 20.5 Å². The van der Waals surface area contributed by atoms with Gasteiger partial charge in [-0.15, -0.1) is 0 Å². The number of nitro benzene ring substituents is 1. The molecule has 0 unspecified atom stereocenters. The second-order valence-electron chi connectivity index (χ2n) is 3.98. The molecule has 0 atom stereocenters. The second kappa shape index (κ2) is 6.16. The highest BCUT2D eigenvalue weighted by atomic mass is 19.4. The maximum Gasteiger partial charge on any atom is 0.433 e. The highest BCUT2D eigenvalue weighted by molar-refractivity contribution is 5.80. The summed E-state index contributed by atoms with van der Waals surface area (Å²) in [6, 6.07) is 6.18. The van der Waals surface area contributed by atoms with Crippen LogP contribution in [0.4, 0.5) is 24.8 Å². The fourth-order valence-corrected chi connectivity index (χ4v) is 1.42. The van der Waals surface area contributed by atoms with Gasteiger partial charge in [0.1, 0.15) is 5.69 Å². The average molecular weight is 311 g/mol. The summed E-state index contributed by atoms with van der Waals surface area (Å²) in [5, 5.41) is 14.1. The number of nitrogens with one attached hydrogen (secondary N) is 1. The molecule has 1 aromatic carbocycles. The van der Waals surface area contributed by atoms with E-state index in [0.29, 0.717) is 5.56 Å². The molecule has 1 N–H and O–H groups in total. The molecule has 0 fully saturated rings. The number of benzene rings is 1. The quantitative estimate of drug-likeness (QED) is 0.532. The molecule has 0 amide bonds. The summed E-state index contributed by atoms with van der Waals surface area (Å²) in [6.45, 7) is 0. The minimum Gasteiger partial charge on any atom is -0.258 e. The summed E-state index contributed by atoms with van der Waals surface area (Å²) in [5.74, 6) is -0.312. The summed E-state index contributed by atoms with van der Waals surface area (Å²) in [6.07, 6.45) is -2.34. The molecule has 7 nitrogen and oxygen atoms in total. The Morgan fingerprint density at radius 3 is 2.50 bits per heavy atom. The lowest BCUT2D eigenvalue weighted by Gasteiger charge is -2.05. The predicted octanol–water partition coefficient (Wildman–Crippen LogP) is 2.85. The molecule has 22 heavy (non-hydrogen) atoms. The van der Waals surface area contributed by atoms with Crippen LogP contribution in [0.2, 0.25) is 0 Å². The highest BCUT2D eigenvalue weighted by Gasteiger charge is 2.32. The first-order chi connectivity index (χ1) is 10.4. The molecule has 0 aliphatic heterocycles. The first-order valence-corrected chi connectivity index (χ1v) is 5.80. The Morgan fingerprint density at radius 1 is 1.23 bits per heavy atom. The standard InChI is InChI=1S/C12H8F3N5O2/c13-12(14,15)10-5-6-16-11(18-10)19-17-7-8-1-3-9(4-2-8)20(21)22/h1-7H,(H,16,18,19)/b17-7+. The van der Waals surface area contributed by atoms with E-state index in [-0.39, 0.29) is 11.6 Å². The average Bonchev–Trinajstić information content (AvgIpc) is 2.47. The van der Waals surface area contributed by atoms with Crippen LogP contribution in [-0.2, 0) is 6.18 Å². The van der Waals surface area contributed by atoms with E-state index in [1.807, 2.05) is 0 Å². The predicted molar refractivity (Wildman–Crippen MR) is 71.3 cm³/mol. The number of alkyl halides is 3. The van der Waals surface area contributed by atoms with E-state index in [1.54, 1.807) is 0 Å². The van der Waals surface area contributed by atoms with Gasteiger partial charge in [-0.25, -0.2) is 15.4 Å². The number of hydrogen-bond acceptors (Lipinski definition) is 6. The molecule has 0 bridgehead atoms. The molecule has 0 aliphatic rings. The fourth-order valence-electron chi connectivity index (χ4n) is 1.42. The number of aromatic nitrogens is 2. The molecule has 2 aromatic rings. The van der Waals surface area contributed by atoms with Crippen molar-refractivity contribution < 1.29 is 18.1 Å². The SMILES string of the molecule is O=[N+]([O-])c1ccc(/C=N/Nc2nccc(C(F)(F)F)n2)cc1. The van der Waals surface area contributed by atoms with Crippen LogP contribution in [0.1, 0.15) is 11.3 Å². The van der Waals surface area contributed by atoms with Gasteiger partial charge in [0.2, 0.25) is 5.95 Å². The lowest BCUT2D eigenvalue weighted by molar-refractivity contribution is -0.384. The maximum atomic E-state index is 12.4. The molecule has 0 radical (unpaired) electrons. The van der Waals surface area contributed by atoms with Crippen LogP contribution in [0.25, 0.3) is 0 Å². The summed E-state index contributed by atoms with van der Waals surface area (Å²) in [4.78, 5) is 16.8. The molecule has 114 valence electrons. The van der Waals surface area contributed by atoms with Crippen molar-refractivity contribution in [1.29, 1.82) is 0 Å². The number of nitrogens with zero attached hydrogens (tertiary/aromatic N) is 4. The van der Waals surface area contributed by atoms with E-state index in [1.165, 1.54) is 30.5 Å². The van der Waals surface area contributed by atoms with Crippen molar-refractivity contribution in [1.82, 2.24) is 9.97 Å². The van der Waals surface area contributed by atoms with E-state index in [9.17, 15) is 23.3 Å². The topological polar surface area (TPSA) is 93.3 Å². The fraction of sp³-hybridized carbons (Fsp3) is 0.0833. The molecular weight excluding hydrogens is 303 g/mol. The zero-order valence-corrected chi connectivity index (χ0v) is 10.8. The van der Waals surface area contributed by atoms with Gasteiger partial charge < -0.3 is 0 Å². The highest BCUT2D eigenvalue weighted by Crippen LogP contribution is 2.27. The van der Waals surface area contributed by atoms with Gasteiger partial charge in [0, 0.05) is 18.3 Å². The van der Waals surface area contributed by atoms with Crippen molar-refractivity contribution in [3.63, 3.8) is 0 Å². The van der Waals surface area contributed by atoms with Crippen LogP contribution < -0.4 is 5.43 Å². The first-order valence-electron chi connectivity index (χ1n) is 5.80. The molecule has 0 saturated heterocycles. The van der Waals surface area contributed by atoms with Crippen LogP contribution in [0.15, 0.2) is 41.6 Å². The maximum absolute atomic E-state index is 12.4. The van der Waals surface area contributed by atoms with Gasteiger partial charge in [-0.3, -0.25) is 10.1 Å². The molecule has 1 heterocycles. The second-order valence-corrected chi connectivity index (χ2v) is 3.98. The number of rotatable bonds is 4. The molecule has 0 aliphatic carbocycles. The first kappa shape index (κ1) is 15.4. The van der Waals surface area contributed by atoms with Crippen molar-refractivity contribution in [2.45, 2.75) is 6.18 Å². The monoisotopic (exact) mass is 311 g/mol. The number of hydrazone groups is 1. The Hall–Kier alpha value is -3.04. The molecule has 0 spiro atoms. The summed E-state index contributed by atoms with van der Waals surface area (Å²) in [5.41, 5.74) is 1.61. The largest absolute Gasteiger partial charge is 0.433 e. The van der Waals surface area contributed by atoms with Gasteiger partial charge in [-0.2, -0.15) is 18.3 Å². The van der Waals surface area contributed by atoms with Crippen molar-refractivity contribution >= 4 is 17.9 Å². The molecule has 1 aromatic heterocycles. The molecular formula is C12H8F3N5O2. The van der Waals surface area contributed by atoms with Crippen molar-refractivity contribution in [3.8, 4) is 0 Å². The van der Waals surface area contributed by atoms with E-state index < -0.39 is 16.8 Å². The number of anilines is 1. The Labute approximate surface area is 121 Å². The lowest BCUT2D eigenvalue weighted by Crippen LogP contribution is -2.09. The number of hydrogen-bond donors (Lipinski definition) is 1. The Balaban J connectivity index is 2.05. The van der Waals surface area contributed by atoms with Gasteiger partial charge >= 0.3 is 6.18 Å². The van der Waals surface area contributed by atoms with Crippen molar-refractivity contribution in [3.05, 3.63) is 57.9 Å². The Morgan fingerprint density at radius 2 is 1.91 bits per heavy atom. The lowest BCUT2D eigenvalue weighted by atomic mass is 10.2. The van der Waals surface area contributed by atoms with E-state index in [0.717, 1.165) is 12.3 Å². The zero-order valence-electron chi connectivity index (χ0n) is 10.8. The van der Waals surface area contributed by atoms with Gasteiger partial charge in [-0.1, -0.05) is 0 Å². The van der Waals surface area contributed by atoms with E-state index >= 15 is 0 Å². The van der Waals surface area contributed by atoms with Gasteiger partial charge in [0.25, 0.3) is 5.69 Å². The minimum absolute atomic E-state index is 0.0775. The third-order valence-corrected chi connectivity index (χ3v) is 2.43. The van der Waals surface area contributed by atoms with Crippen LogP contribution in [0.3, 0.4) is 0 Å². The Bertz CT molecular complexity index is 701. The summed E-state index contributed by atoms with van der Waals surface area (Å²) < 4.78 is 37.3. The van der Waals surface area contributed by atoms with Gasteiger partial charge in [0.05, 0.1) is 11.1 Å². The Kier molecular flexibility index (Phi) is 4.30. The van der Waals surface area contributed by atoms with Gasteiger partial charge in [0.15, 0.2) is 0 Å². The molecule has 0 saturated carbocycles. The van der Waals surface area contributed by atoms with Crippen LogP contribution in [0, 0.1) is 10.1 Å². The van der Waals surface area contributed by atoms with Crippen LogP contribution in [0.5, 0.6) is 0 Å². The summed E-state index contributed by atoms with van der Waals surface area (Å²) in [7, 11) is 0. The number of halogens is 3. The number of non-ortho nitro benzene ring substituents is 1. The third kappa shape index (κ3) is 3.98. The smallest absolute Gasteiger partial charge is 0.258 e. The van der Waals surface area contributed by atoms with Gasteiger partial charge in [-0.05, 0) is 23.8 Å². The van der Waals surface area contributed by atoms with Crippen LogP contribution >= 0.6 is 0 Å². The van der Waals surface area contributed by atoms with Crippen molar-refractivity contribution in [2.75, 3.05) is 5.43 Å². The zero-order chi connectivity index (χ0) is 16.2.